The van der Waals surface area contributed by atoms with E-state index in [-0.39, 0.29) is 32.1 Å². The van der Waals surface area contributed by atoms with Crippen LogP contribution in [0.15, 0.2) is 0 Å². The lowest BCUT2D eigenvalue weighted by molar-refractivity contribution is -0.147. The predicted octanol–water partition coefficient (Wildman–Crippen LogP) is 12.1. The number of unbranched alkanes of at least 4 members (excludes halogenated alkanes) is 29. The van der Waals surface area contributed by atoms with Crippen LogP contribution in [0.4, 0.5) is 0 Å². The fourth-order valence-corrected chi connectivity index (χ4v) is 7.20. The second-order valence-electron chi connectivity index (χ2n) is 15.0. The van der Waals surface area contributed by atoms with E-state index < -0.39 is 26.5 Å². The summed E-state index contributed by atoms with van der Waals surface area (Å²) in [5, 5.41) is 12.6. The minimum absolute atomic E-state index is 0.0882. The molecule has 0 heterocycles. The Balaban J connectivity index is 3.46. The van der Waals surface area contributed by atoms with Crippen molar-refractivity contribution in [3.8, 4) is 0 Å². The summed E-state index contributed by atoms with van der Waals surface area (Å²) >= 11 is 0. The Bertz CT molecular complexity index is 830. The third-order valence-corrected chi connectivity index (χ3v) is 10.8. The number of rotatable bonds is 42. The number of aliphatic hydroxyl groups is 1. The minimum Gasteiger partial charge on any atom is -0.463 e. The van der Waals surface area contributed by atoms with Crippen LogP contribution in [0.2, 0.25) is 0 Å². The maximum Gasteiger partial charge on any atom is 0.472 e. The lowest BCUT2D eigenvalue weighted by atomic mass is 10.0. The van der Waals surface area contributed by atoms with Crippen LogP contribution >= 0.6 is 7.82 Å². The van der Waals surface area contributed by atoms with Crippen molar-refractivity contribution < 1.29 is 37.9 Å². The molecule has 52 heavy (non-hydrogen) atoms. The lowest BCUT2D eigenvalue weighted by Crippen LogP contribution is -2.27. The molecule has 0 saturated heterocycles. The van der Waals surface area contributed by atoms with Crippen molar-refractivity contribution in [2.45, 2.75) is 232 Å². The van der Waals surface area contributed by atoms with Crippen LogP contribution in [0.1, 0.15) is 226 Å². The first-order valence-corrected chi connectivity index (χ1v) is 23.5. The van der Waals surface area contributed by atoms with Gasteiger partial charge in [0.15, 0.2) is 0 Å². The van der Waals surface area contributed by atoms with Gasteiger partial charge >= 0.3 is 13.8 Å². The molecule has 0 saturated carbocycles. The Labute approximate surface area is 320 Å². The third-order valence-electron chi connectivity index (χ3n) is 9.79. The highest BCUT2D eigenvalue weighted by Crippen LogP contribution is 2.42. The van der Waals surface area contributed by atoms with Gasteiger partial charge in [0.25, 0.3) is 0 Å². The first-order valence-electron chi connectivity index (χ1n) is 22.0. The van der Waals surface area contributed by atoms with Gasteiger partial charge in [-0.25, -0.2) is 4.57 Å². The molecule has 0 aromatic rings. The summed E-state index contributed by atoms with van der Waals surface area (Å²) in [7, 11) is -4.40. The van der Waals surface area contributed by atoms with Crippen molar-refractivity contribution in [2.75, 3.05) is 26.4 Å². The minimum atomic E-state index is -4.40. The van der Waals surface area contributed by atoms with E-state index in [0.29, 0.717) is 6.42 Å². The van der Waals surface area contributed by atoms with Gasteiger partial charge in [-0.05, 0) is 12.8 Å². The van der Waals surface area contributed by atoms with Crippen LogP contribution in [-0.4, -0.2) is 54.3 Å². The summed E-state index contributed by atoms with van der Waals surface area (Å²) in [6, 6.07) is 0. The average Bonchev–Trinajstić information content (AvgIpc) is 3.13. The van der Waals surface area contributed by atoms with Crippen molar-refractivity contribution in [3.05, 3.63) is 0 Å². The smallest absolute Gasteiger partial charge is 0.463 e. The largest absolute Gasteiger partial charge is 0.472 e. The second-order valence-corrected chi connectivity index (χ2v) is 16.5. The third kappa shape index (κ3) is 40.2. The summed E-state index contributed by atoms with van der Waals surface area (Å²) in [5.41, 5.74) is 0. The Morgan fingerprint density at radius 3 is 1.25 bits per heavy atom. The number of ether oxygens (including phenoxy) is 1. The second kappa shape index (κ2) is 39.7. The molecule has 9 nitrogen and oxygen atoms in total. The van der Waals surface area contributed by atoms with E-state index in [9.17, 15) is 24.2 Å². The molecule has 0 fully saturated rings. The summed E-state index contributed by atoms with van der Waals surface area (Å²) in [6.45, 7) is 3.53. The van der Waals surface area contributed by atoms with Crippen LogP contribution in [0.5, 0.6) is 0 Å². The molecule has 0 aromatic carbocycles. The molecule has 3 N–H and O–H groups in total. The molecule has 0 aromatic heterocycles. The number of phosphoric ester groups is 1. The highest BCUT2D eigenvalue weighted by atomic mass is 31.2. The monoisotopic (exact) mass is 762 g/mol. The highest BCUT2D eigenvalue weighted by Gasteiger charge is 2.23. The molecule has 0 spiro atoms. The van der Waals surface area contributed by atoms with Gasteiger partial charge in [-0.15, -0.1) is 0 Å². The van der Waals surface area contributed by atoms with Gasteiger partial charge in [-0.3, -0.25) is 18.6 Å². The van der Waals surface area contributed by atoms with Crippen LogP contribution in [0.3, 0.4) is 0 Å². The number of esters is 1. The molecular formula is C42H84NO8P. The standard InChI is InChI=1S/C42H84NO8P/c1-3-5-7-9-11-12-13-14-15-16-17-18-19-20-21-22-23-24-25-26-27-29-30-32-34-41(45)43-36-37-50-52(47,48)51-39-40(44)38-49-42(46)35-33-31-28-10-8-6-4-2/h40,44H,3-39H2,1-2H3,(H,43,45)(H,47,48). The van der Waals surface area contributed by atoms with Gasteiger partial charge in [-0.1, -0.05) is 200 Å². The van der Waals surface area contributed by atoms with E-state index in [1.807, 2.05) is 0 Å². The fourth-order valence-electron chi connectivity index (χ4n) is 6.44. The van der Waals surface area contributed by atoms with Crippen molar-refractivity contribution in [2.24, 2.45) is 0 Å². The van der Waals surface area contributed by atoms with E-state index in [0.717, 1.165) is 38.5 Å². The molecule has 2 unspecified atom stereocenters. The maximum atomic E-state index is 12.1. The zero-order valence-corrected chi connectivity index (χ0v) is 34.9. The Morgan fingerprint density at radius 1 is 0.519 bits per heavy atom. The van der Waals surface area contributed by atoms with Gasteiger partial charge in [-0.2, -0.15) is 0 Å². The van der Waals surface area contributed by atoms with Crippen LogP contribution < -0.4 is 5.32 Å². The molecule has 0 aliphatic carbocycles. The molecule has 0 aliphatic rings. The van der Waals surface area contributed by atoms with Gasteiger partial charge in [0.05, 0.1) is 13.2 Å². The van der Waals surface area contributed by atoms with Crippen molar-refractivity contribution in [1.29, 1.82) is 0 Å². The summed E-state index contributed by atoms with van der Waals surface area (Å²) in [6.07, 6.45) is 39.3. The number of hydrogen-bond donors (Lipinski definition) is 3. The van der Waals surface area contributed by atoms with E-state index >= 15 is 0 Å². The predicted molar refractivity (Wildman–Crippen MR) is 215 cm³/mol. The van der Waals surface area contributed by atoms with Crippen LogP contribution in [0.25, 0.3) is 0 Å². The SMILES string of the molecule is CCCCCCCCCCCCCCCCCCCCCCCCCCC(=O)NCCOP(=O)(O)OCC(O)COC(=O)CCCCCCCCC. The van der Waals surface area contributed by atoms with E-state index in [1.165, 1.54) is 161 Å². The Morgan fingerprint density at radius 2 is 0.865 bits per heavy atom. The number of carbonyl (C=O) groups excluding carboxylic acids is 2. The Kier molecular flexibility index (Phi) is 38.9. The van der Waals surface area contributed by atoms with Gasteiger partial charge in [0.1, 0.15) is 12.7 Å². The van der Waals surface area contributed by atoms with E-state index in [1.54, 1.807) is 0 Å². The van der Waals surface area contributed by atoms with Gasteiger partial charge in [0.2, 0.25) is 5.91 Å². The lowest BCUT2D eigenvalue weighted by Gasteiger charge is -2.15. The molecule has 0 bridgehead atoms. The Hall–Kier alpha value is -0.990. The molecule has 0 rings (SSSR count). The quantitative estimate of drug-likeness (QED) is 0.0318. The first kappa shape index (κ1) is 51.0. The van der Waals surface area contributed by atoms with Crippen LogP contribution in [-0.2, 0) is 27.9 Å². The number of amides is 1. The molecule has 10 heteroatoms. The average molecular weight is 762 g/mol. The molecular weight excluding hydrogens is 677 g/mol. The van der Waals surface area contributed by atoms with Crippen molar-refractivity contribution in [3.63, 3.8) is 0 Å². The summed E-state index contributed by atoms with van der Waals surface area (Å²) in [5.74, 6) is -0.511. The normalized spacial score (nSPS) is 13.2. The van der Waals surface area contributed by atoms with Crippen molar-refractivity contribution >= 4 is 19.7 Å². The van der Waals surface area contributed by atoms with Crippen LogP contribution in [0, 0.1) is 0 Å². The number of aliphatic hydroxyl groups excluding tert-OH is 1. The van der Waals surface area contributed by atoms with Crippen molar-refractivity contribution in [1.82, 2.24) is 5.32 Å². The topological polar surface area (TPSA) is 131 Å². The van der Waals surface area contributed by atoms with E-state index in [2.05, 4.69) is 19.2 Å². The zero-order chi connectivity index (χ0) is 38.2. The molecule has 0 radical (unpaired) electrons. The molecule has 310 valence electrons. The number of nitrogens with one attached hydrogen (secondary N) is 1. The summed E-state index contributed by atoms with van der Waals surface area (Å²) in [4.78, 5) is 33.7. The number of carbonyl (C=O) groups is 2. The zero-order valence-electron chi connectivity index (χ0n) is 34.0. The number of hydrogen-bond acceptors (Lipinski definition) is 7. The first-order chi connectivity index (χ1) is 25.3. The van der Waals surface area contributed by atoms with E-state index in [4.69, 9.17) is 13.8 Å². The molecule has 0 aliphatic heterocycles. The maximum absolute atomic E-state index is 12.1. The fraction of sp³-hybridized carbons (Fsp3) is 0.952. The molecule has 2 atom stereocenters. The van der Waals surface area contributed by atoms with Gasteiger partial charge in [0, 0.05) is 19.4 Å². The molecule has 1 amide bonds. The number of phosphoric acid groups is 1. The highest BCUT2D eigenvalue weighted by molar-refractivity contribution is 7.47. The summed E-state index contributed by atoms with van der Waals surface area (Å²) < 4.78 is 26.7. The van der Waals surface area contributed by atoms with Gasteiger partial charge < -0.3 is 20.1 Å².